The molecule has 0 bridgehead atoms. The smallest absolute Gasteiger partial charge is 0.490 e. The number of nitrogens with zero attached hydrogens (tertiary/aromatic N) is 2. The summed E-state index contributed by atoms with van der Waals surface area (Å²) in [6, 6.07) is 7.97. The van der Waals surface area contributed by atoms with Crippen LogP contribution in [0.1, 0.15) is 38.2 Å². The largest absolute Gasteiger partial charge is 0.497 e. The summed E-state index contributed by atoms with van der Waals surface area (Å²) < 4.78 is 37.0. The van der Waals surface area contributed by atoms with Gasteiger partial charge in [-0.05, 0) is 43.0 Å². The number of aromatic amines is 1. The summed E-state index contributed by atoms with van der Waals surface area (Å²) in [5.41, 5.74) is 1.54. The third kappa shape index (κ3) is 8.73. The van der Waals surface area contributed by atoms with Gasteiger partial charge in [-0.3, -0.25) is 19.4 Å². The molecule has 12 heteroatoms. The number of pyridine rings is 1. The molecule has 1 saturated carbocycles. The lowest BCUT2D eigenvalue weighted by Crippen LogP contribution is -2.50. The van der Waals surface area contributed by atoms with Crippen molar-refractivity contribution >= 4 is 22.8 Å². The monoisotopic (exact) mass is 540 g/mol. The zero-order valence-corrected chi connectivity index (χ0v) is 21.6. The summed E-state index contributed by atoms with van der Waals surface area (Å²) >= 11 is 0. The Hall–Kier alpha value is -3.12. The Balaban J connectivity index is 0.000000505. The lowest BCUT2D eigenvalue weighted by molar-refractivity contribution is -0.192. The maximum absolute atomic E-state index is 12.5. The maximum Gasteiger partial charge on any atom is 0.490 e. The van der Waals surface area contributed by atoms with Gasteiger partial charge in [-0.1, -0.05) is 19.8 Å². The molecule has 9 nitrogen and oxygen atoms in total. The molecule has 1 aliphatic carbocycles. The van der Waals surface area contributed by atoms with Crippen LogP contribution in [0, 0.1) is 5.92 Å². The first-order chi connectivity index (χ1) is 17.9. The number of piperazine rings is 1. The van der Waals surface area contributed by atoms with Crippen LogP contribution < -0.4 is 15.6 Å². The molecule has 1 amide bonds. The number of fused-ring (bicyclic) bond motifs is 1. The highest BCUT2D eigenvalue weighted by molar-refractivity contribution is 5.80. The normalized spacial score (nSPS) is 20.9. The highest BCUT2D eigenvalue weighted by Gasteiger charge is 2.38. The number of carbonyl (C=O) groups excluding carboxylic acids is 1. The zero-order valence-electron chi connectivity index (χ0n) is 21.6. The molecule has 2 aliphatic rings. The van der Waals surface area contributed by atoms with Gasteiger partial charge in [-0.15, -0.1) is 0 Å². The minimum absolute atomic E-state index is 0.0406. The molecule has 0 spiro atoms. The number of ether oxygens (including phenoxy) is 1. The number of alkyl halides is 3. The lowest BCUT2D eigenvalue weighted by atomic mass is 9.87. The van der Waals surface area contributed by atoms with Crippen LogP contribution >= 0.6 is 0 Å². The fourth-order valence-corrected chi connectivity index (χ4v) is 4.86. The number of carboxylic acids is 1. The van der Waals surface area contributed by atoms with E-state index in [2.05, 4.69) is 27.0 Å². The second-order valence-electron chi connectivity index (χ2n) is 9.97. The summed E-state index contributed by atoms with van der Waals surface area (Å²) in [7, 11) is 1.64. The number of benzene rings is 1. The van der Waals surface area contributed by atoms with Gasteiger partial charge in [-0.2, -0.15) is 13.2 Å². The predicted octanol–water partition coefficient (Wildman–Crippen LogP) is 2.98. The van der Waals surface area contributed by atoms with Gasteiger partial charge in [0.1, 0.15) is 5.75 Å². The van der Waals surface area contributed by atoms with Crippen LogP contribution in [0.5, 0.6) is 5.75 Å². The van der Waals surface area contributed by atoms with Crippen LogP contribution in [0.3, 0.4) is 0 Å². The van der Waals surface area contributed by atoms with Gasteiger partial charge in [0.15, 0.2) is 0 Å². The molecular weight excluding hydrogens is 505 g/mol. The van der Waals surface area contributed by atoms with Crippen molar-refractivity contribution in [2.24, 2.45) is 5.92 Å². The Morgan fingerprint density at radius 2 is 1.79 bits per heavy atom. The first-order valence-electron chi connectivity index (χ1n) is 12.7. The second kappa shape index (κ2) is 13.1. The molecule has 1 aliphatic heterocycles. The number of nitrogens with one attached hydrogen (secondary N) is 2. The molecule has 2 aromatic rings. The first kappa shape index (κ1) is 29.4. The molecule has 3 N–H and O–H groups in total. The van der Waals surface area contributed by atoms with Gasteiger partial charge in [0.2, 0.25) is 5.91 Å². The van der Waals surface area contributed by atoms with Crippen molar-refractivity contribution in [3.63, 3.8) is 0 Å². The molecule has 1 aromatic heterocycles. The number of carboxylic acid groups (broad SMARTS) is 1. The number of halogens is 3. The van der Waals surface area contributed by atoms with Gasteiger partial charge in [0, 0.05) is 55.2 Å². The van der Waals surface area contributed by atoms with Crippen molar-refractivity contribution in [1.82, 2.24) is 20.1 Å². The van der Waals surface area contributed by atoms with Crippen molar-refractivity contribution in [2.75, 3.05) is 39.8 Å². The van der Waals surface area contributed by atoms with Crippen LogP contribution in [0.25, 0.3) is 10.9 Å². The summed E-state index contributed by atoms with van der Waals surface area (Å²) in [5.74, 6) is -1.12. The Morgan fingerprint density at radius 1 is 1.13 bits per heavy atom. The summed E-state index contributed by atoms with van der Waals surface area (Å²) in [6.45, 7) is 6.74. The molecule has 2 heterocycles. The number of methoxy groups -OCH3 is 1. The maximum atomic E-state index is 12.5. The number of aromatic nitrogens is 1. The third-order valence-corrected chi connectivity index (χ3v) is 6.90. The molecule has 210 valence electrons. The van der Waals surface area contributed by atoms with Gasteiger partial charge >= 0.3 is 12.1 Å². The average molecular weight is 541 g/mol. The molecule has 4 rings (SSSR count). The number of carbonyl (C=O) groups is 2. The number of amides is 1. The second-order valence-corrected chi connectivity index (χ2v) is 9.97. The quantitative estimate of drug-likeness (QED) is 0.516. The summed E-state index contributed by atoms with van der Waals surface area (Å²) in [4.78, 5) is 41.3. The topological polar surface area (TPSA) is 115 Å². The fourth-order valence-electron chi connectivity index (χ4n) is 4.86. The van der Waals surface area contributed by atoms with Crippen molar-refractivity contribution in [2.45, 2.75) is 51.4 Å². The van der Waals surface area contributed by atoms with E-state index in [4.69, 9.17) is 14.6 Å². The Kier molecular flexibility index (Phi) is 10.1. The van der Waals surface area contributed by atoms with E-state index in [9.17, 15) is 22.8 Å². The Morgan fingerprint density at radius 3 is 2.39 bits per heavy atom. The van der Waals surface area contributed by atoms with Crippen molar-refractivity contribution in [3.05, 3.63) is 40.2 Å². The van der Waals surface area contributed by atoms with Gasteiger partial charge in [0.25, 0.3) is 5.56 Å². The first-order valence-corrected chi connectivity index (χ1v) is 12.7. The van der Waals surface area contributed by atoms with Gasteiger partial charge in [-0.25, -0.2) is 4.79 Å². The van der Waals surface area contributed by atoms with E-state index in [1.807, 2.05) is 24.3 Å². The summed E-state index contributed by atoms with van der Waals surface area (Å²) in [6.07, 6.45) is -0.380. The number of hydrogen-bond donors (Lipinski definition) is 3. The number of H-pyrrole nitrogens is 1. The highest BCUT2D eigenvalue weighted by Crippen LogP contribution is 2.23. The summed E-state index contributed by atoms with van der Waals surface area (Å²) in [5, 5.41) is 11.3. The molecule has 38 heavy (non-hydrogen) atoms. The van der Waals surface area contributed by atoms with E-state index in [-0.39, 0.29) is 11.5 Å². The molecular formula is C26H35F3N4O5. The van der Waals surface area contributed by atoms with Crippen LogP contribution in [0.4, 0.5) is 13.2 Å². The molecule has 1 aromatic carbocycles. The number of hydrogen-bond acceptors (Lipinski definition) is 6. The van der Waals surface area contributed by atoms with E-state index in [1.54, 1.807) is 7.11 Å². The molecule has 2 unspecified atom stereocenters. The van der Waals surface area contributed by atoms with Crippen molar-refractivity contribution in [3.8, 4) is 5.75 Å². The van der Waals surface area contributed by atoms with Crippen molar-refractivity contribution in [1.29, 1.82) is 0 Å². The number of aliphatic carboxylic acids is 1. The van der Waals surface area contributed by atoms with Crippen LogP contribution in [-0.4, -0.2) is 83.8 Å². The van der Waals surface area contributed by atoms with Gasteiger partial charge < -0.3 is 20.1 Å². The molecule has 1 saturated heterocycles. The van der Waals surface area contributed by atoms with Crippen LogP contribution in [0.15, 0.2) is 29.1 Å². The predicted molar refractivity (Wildman–Crippen MR) is 136 cm³/mol. The third-order valence-electron chi connectivity index (χ3n) is 6.90. The Bertz CT molecular complexity index is 1160. The van der Waals surface area contributed by atoms with Crippen LogP contribution in [0.2, 0.25) is 0 Å². The minimum Gasteiger partial charge on any atom is -0.497 e. The van der Waals surface area contributed by atoms with E-state index < -0.39 is 12.1 Å². The van der Waals surface area contributed by atoms with Gasteiger partial charge in [0.05, 0.1) is 13.7 Å². The van der Waals surface area contributed by atoms with Crippen molar-refractivity contribution < 1.29 is 32.6 Å². The molecule has 0 radical (unpaired) electrons. The van der Waals surface area contributed by atoms with E-state index in [0.717, 1.165) is 61.2 Å². The number of rotatable bonds is 6. The minimum atomic E-state index is -5.08. The Labute approximate surface area is 218 Å². The lowest BCUT2D eigenvalue weighted by Gasteiger charge is -2.35. The van der Waals surface area contributed by atoms with E-state index in [1.165, 1.54) is 12.8 Å². The molecule has 2 fully saturated rings. The van der Waals surface area contributed by atoms with E-state index in [0.29, 0.717) is 25.0 Å². The standard InChI is InChI=1S/C24H34N4O3.C2HF3O2/c1-17-4-3-5-20(12-17)25-23(29)16-28-10-8-27(9-11-28)15-19-13-18-14-21(31-2)6-7-22(18)26-24(19)30;3-2(4,5)1(6)7/h6-7,13-14,17,20H,3-5,8-12,15-16H2,1-2H3,(H,25,29)(H,26,30);(H,6,7). The highest BCUT2D eigenvalue weighted by atomic mass is 19.4. The zero-order chi connectivity index (χ0) is 27.9. The van der Waals surface area contributed by atoms with E-state index >= 15 is 0 Å². The van der Waals surface area contributed by atoms with Crippen LogP contribution in [-0.2, 0) is 16.1 Å². The average Bonchev–Trinajstić information content (AvgIpc) is 2.85. The fraction of sp³-hybridized carbons (Fsp3) is 0.577. The SMILES string of the molecule is COc1ccc2[nH]c(=O)c(CN3CCN(CC(=O)NC4CCCC(C)C4)CC3)cc2c1.O=C(O)C(F)(F)F. The molecule has 2 atom stereocenters.